The lowest BCUT2D eigenvalue weighted by molar-refractivity contribution is 0.886. The van der Waals surface area contributed by atoms with E-state index in [1.165, 1.54) is 19.2 Å². The topological polar surface area (TPSA) is 54.5 Å². The lowest BCUT2D eigenvalue weighted by Gasteiger charge is -1.89. The van der Waals surface area contributed by atoms with Crippen LogP contribution in [0.2, 0.25) is 0 Å². The predicted octanol–water partition coefficient (Wildman–Crippen LogP) is 2.71. The van der Waals surface area contributed by atoms with E-state index in [0.717, 1.165) is 16.9 Å². The molecule has 4 nitrogen and oxygen atoms in total. The second-order valence-electron chi connectivity index (χ2n) is 3.06. The van der Waals surface area contributed by atoms with Gasteiger partial charge in [-0.2, -0.15) is 0 Å². The van der Waals surface area contributed by atoms with Gasteiger partial charge in [-0.05, 0) is 6.92 Å². The molecule has 0 aromatic carbocycles. The van der Waals surface area contributed by atoms with Crippen LogP contribution in [-0.2, 0) is 0 Å². The summed E-state index contributed by atoms with van der Waals surface area (Å²) in [4.78, 5) is 14.9. The van der Waals surface area contributed by atoms with E-state index in [1.807, 2.05) is 6.92 Å². The Morgan fingerprint density at radius 3 is 2.50 bits per heavy atom. The van der Waals surface area contributed by atoms with Gasteiger partial charge in [-0.15, -0.1) is 0 Å². The fourth-order valence-corrected chi connectivity index (χ4v) is 0.886. The van der Waals surface area contributed by atoms with Gasteiger partial charge in [0.05, 0.1) is 12.0 Å². The molecule has 0 radical (unpaired) electrons. The van der Waals surface area contributed by atoms with Gasteiger partial charge in [0, 0.05) is 1.43 Å². The third-order valence-corrected chi connectivity index (χ3v) is 1.91. The summed E-state index contributed by atoms with van der Waals surface area (Å²) < 4.78 is 0. The van der Waals surface area contributed by atoms with Crippen LogP contribution in [0.25, 0.3) is 11.2 Å². The largest absolute Gasteiger partial charge is 0.342 e. The third kappa shape index (κ3) is 2.52. The maximum atomic E-state index is 4.00. The van der Waals surface area contributed by atoms with Gasteiger partial charge in [0.1, 0.15) is 11.8 Å². The highest BCUT2D eigenvalue weighted by Gasteiger charge is 1.98. The second-order valence-corrected chi connectivity index (χ2v) is 3.06. The fraction of sp³-hybridized carbons (Fsp3) is 0.500. The first kappa shape index (κ1) is 10.6. The average molecular weight is 194 g/mol. The van der Waals surface area contributed by atoms with Crippen molar-refractivity contribution in [2.24, 2.45) is 0 Å². The summed E-state index contributed by atoms with van der Waals surface area (Å²) in [7, 11) is 0. The van der Waals surface area contributed by atoms with Crippen LogP contribution in [0.15, 0.2) is 12.7 Å². The number of H-pyrrole nitrogens is 1. The number of imidazole rings is 1. The van der Waals surface area contributed by atoms with Crippen LogP contribution in [-0.4, -0.2) is 19.9 Å². The molecule has 2 aromatic heterocycles. The Balaban J connectivity index is 0.000000346. The molecule has 2 rings (SSSR count). The minimum Gasteiger partial charge on any atom is -0.342 e. The van der Waals surface area contributed by atoms with Crippen molar-refractivity contribution in [3.05, 3.63) is 18.3 Å². The molecule has 0 atom stereocenters. The van der Waals surface area contributed by atoms with Crippen LogP contribution in [0.5, 0.6) is 0 Å². The number of rotatable bonds is 1. The average Bonchev–Trinajstić information content (AvgIpc) is 2.68. The first-order valence-corrected chi connectivity index (χ1v) is 4.90. The third-order valence-electron chi connectivity index (χ3n) is 1.91. The van der Waals surface area contributed by atoms with Gasteiger partial charge in [-0.1, -0.05) is 26.7 Å². The zero-order valence-electron chi connectivity index (χ0n) is 8.91. The zero-order valence-corrected chi connectivity index (χ0v) is 8.91. The quantitative estimate of drug-likeness (QED) is 0.759. The standard InChI is InChI=1S/C6H6N4.C4H10.H2/c1-4-5-6(9-2-7-4)10-3-8-5;1-3-4-2;/h2-3H,1H3,(H,7,8,9,10);3-4H2,1-2H3;1H. The van der Waals surface area contributed by atoms with Gasteiger partial charge >= 0.3 is 0 Å². The minimum atomic E-state index is 0. The van der Waals surface area contributed by atoms with Gasteiger partial charge in [0.25, 0.3) is 0 Å². The van der Waals surface area contributed by atoms with Crippen molar-refractivity contribution in [2.75, 3.05) is 0 Å². The summed E-state index contributed by atoms with van der Waals surface area (Å²) in [5.74, 6) is 0. The predicted molar refractivity (Wildman–Crippen MR) is 59.1 cm³/mol. The van der Waals surface area contributed by atoms with Crippen molar-refractivity contribution in [2.45, 2.75) is 33.6 Å². The van der Waals surface area contributed by atoms with Gasteiger partial charge in [-0.3, -0.25) is 0 Å². The number of hydrogen-bond acceptors (Lipinski definition) is 3. The van der Waals surface area contributed by atoms with E-state index in [9.17, 15) is 0 Å². The van der Waals surface area contributed by atoms with Crippen molar-refractivity contribution in [3.63, 3.8) is 0 Å². The van der Waals surface area contributed by atoms with Gasteiger partial charge in [0.15, 0.2) is 5.65 Å². The Morgan fingerprint density at radius 1 is 1.21 bits per heavy atom. The molecule has 2 aromatic rings. The molecule has 0 aliphatic carbocycles. The summed E-state index contributed by atoms with van der Waals surface area (Å²) in [6.07, 6.45) is 5.77. The number of nitrogens with zero attached hydrogens (tertiary/aromatic N) is 3. The Kier molecular flexibility index (Phi) is 4.04. The Bertz CT molecular complexity index is 384. The molecule has 1 N–H and O–H groups in total. The SMILES string of the molecule is CCCC.Cc1ncnc2nc[nH]c12.[HH]. The van der Waals surface area contributed by atoms with Crippen LogP contribution in [0.1, 0.15) is 33.8 Å². The summed E-state index contributed by atoms with van der Waals surface area (Å²) >= 11 is 0. The molecule has 0 aliphatic rings. The molecule has 0 fully saturated rings. The van der Waals surface area contributed by atoms with Gasteiger partial charge in [-0.25, -0.2) is 15.0 Å². The Morgan fingerprint density at radius 2 is 1.93 bits per heavy atom. The molecule has 0 saturated heterocycles. The highest BCUT2D eigenvalue weighted by molar-refractivity contribution is 5.71. The number of hydrogen-bond donors (Lipinski definition) is 1. The monoisotopic (exact) mass is 194 g/mol. The fourth-order valence-electron chi connectivity index (χ4n) is 0.886. The molecule has 0 aliphatic heterocycles. The second kappa shape index (κ2) is 5.32. The van der Waals surface area contributed by atoms with Crippen LogP contribution < -0.4 is 0 Å². The maximum Gasteiger partial charge on any atom is 0.180 e. The first-order chi connectivity index (χ1) is 6.79. The van der Waals surface area contributed by atoms with E-state index in [0.29, 0.717) is 0 Å². The highest BCUT2D eigenvalue weighted by atomic mass is 15.0. The van der Waals surface area contributed by atoms with Crippen molar-refractivity contribution < 1.29 is 1.43 Å². The lowest BCUT2D eigenvalue weighted by Crippen LogP contribution is -1.84. The molecule has 2 heterocycles. The summed E-state index contributed by atoms with van der Waals surface area (Å²) in [5, 5.41) is 0. The van der Waals surface area contributed by atoms with Crippen LogP contribution in [0.3, 0.4) is 0 Å². The first-order valence-electron chi connectivity index (χ1n) is 4.90. The molecule has 0 bridgehead atoms. The molecule has 4 heteroatoms. The molecule has 0 saturated carbocycles. The number of aromatic nitrogens is 4. The van der Waals surface area contributed by atoms with Crippen molar-refractivity contribution in [1.82, 2.24) is 19.9 Å². The Hall–Kier alpha value is -1.45. The van der Waals surface area contributed by atoms with E-state index in [4.69, 9.17) is 0 Å². The molecule has 14 heavy (non-hydrogen) atoms. The van der Waals surface area contributed by atoms with E-state index < -0.39 is 0 Å². The maximum absolute atomic E-state index is 4.00. The van der Waals surface area contributed by atoms with Crippen LogP contribution in [0.4, 0.5) is 0 Å². The molecular weight excluding hydrogens is 176 g/mol. The highest BCUT2D eigenvalue weighted by Crippen LogP contribution is 2.06. The van der Waals surface area contributed by atoms with Gasteiger partial charge in [0.2, 0.25) is 0 Å². The number of aromatic amines is 1. The summed E-state index contributed by atoms with van der Waals surface area (Å²) in [6.45, 7) is 6.28. The molecular formula is C10H18N4. The Labute approximate surface area is 85.3 Å². The van der Waals surface area contributed by atoms with Crippen LogP contribution >= 0.6 is 0 Å². The number of fused-ring (bicyclic) bond motifs is 1. The van der Waals surface area contributed by atoms with Crippen molar-refractivity contribution in [3.8, 4) is 0 Å². The van der Waals surface area contributed by atoms with E-state index in [2.05, 4.69) is 33.8 Å². The number of aryl methyl sites for hydroxylation is 1. The van der Waals surface area contributed by atoms with Crippen molar-refractivity contribution in [1.29, 1.82) is 0 Å². The van der Waals surface area contributed by atoms with Crippen LogP contribution in [0, 0.1) is 6.92 Å². The molecule has 0 amide bonds. The summed E-state index contributed by atoms with van der Waals surface area (Å²) in [5.41, 5.74) is 2.58. The van der Waals surface area contributed by atoms with E-state index in [1.54, 1.807) is 6.33 Å². The molecule has 0 unspecified atom stereocenters. The van der Waals surface area contributed by atoms with E-state index in [-0.39, 0.29) is 1.43 Å². The minimum absolute atomic E-state index is 0. The number of unbranched alkanes of at least 4 members (excludes halogenated alkanes) is 1. The lowest BCUT2D eigenvalue weighted by atomic mass is 10.4. The molecule has 78 valence electrons. The van der Waals surface area contributed by atoms with Gasteiger partial charge < -0.3 is 4.98 Å². The zero-order chi connectivity index (χ0) is 10.4. The summed E-state index contributed by atoms with van der Waals surface area (Å²) in [6, 6.07) is 0. The van der Waals surface area contributed by atoms with E-state index >= 15 is 0 Å². The molecule has 0 spiro atoms. The van der Waals surface area contributed by atoms with Crippen molar-refractivity contribution >= 4 is 11.2 Å². The number of nitrogens with one attached hydrogen (secondary N) is 1. The smallest absolute Gasteiger partial charge is 0.180 e. The normalized spacial score (nSPS) is 9.64.